The summed E-state index contributed by atoms with van der Waals surface area (Å²) >= 11 is 0. The number of carbonyl (C=O) groups is 1. The van der Waals surface area contributed by atoms with Crippen LogP contribution in [0, 0.1) is 0 Å². The van der Waals surface area contributed by atoms with E-state index in [1.807, 2.05) is 27.0 Å². The van der Waals surface area contributed by atoms with E-state index in [9.17, 15) is 13.2 Å². The predicted molar refractivity (Wildman–Crippen MR) is 115 cm³/mol. The van der Waals surface area contributed by atoms with Crippen LogP contribution in [-0.4, -0.2) is 50.2 Å². The maximum atomic E-state index is 12.6. The summed E-state index contributed by atoms with van der Waals surface area (Å²) in [5.41, 5.74) is 3.25. The highest BCUT2D eigenvalue weighted by Gasteiger charge is 2.26. The molecule has 0 heterocycles. The molecule has 1 aliphatic carbocycles. The van der Waals surface area contributed by atoms with E-state index in [1.54, 1.807) is 24.3 Å². The molecule has 0 spiro atoms. The van der Waals surface area contributed by atoms with E-state index in [1.165, 1.54) is 15.4 Å². The summed E-state index contributed by atoms with van der Waals surface area (Å²) in [7, 11) is -1.53. The number of fused-ring (bicyclic) bond motifs is 1. The molecule has 1 atom stereocenters. The first kappa shape index (κ1) is 21.5. The number of benzene rings is 2. The van der Waals surface area contributed by atoms with Gasteiger partial charge in [0.1, 0.15) is 0 Å². The number of hydrogen-bond acceptors (Lipinski definition) is 4. The lowest BCUT2D eigenvalue weighted by atomic mass is 10.1. The maximum Gasteiger partial charge on any atom is 0.243 e. The molecule has 0 saturated carbocycles. The number of sulfonamides is 1. The van der Waals surface area contributed by atoms with Gasteiger partial charge < -0.3 is 5.32 Å². The number of nitrogens with one attached hydrogen (secondary N) is 1. The second-order valence-electron chi connectivity index (χ2n) is 7.33. The van der Waals surface area contributed by atoms with Crippen LogP contribution in [-0.2, 0) is 21.2 Å². The first-order valence-electron chi connectivity index (χ1n) is 10.0. The molecule has 0 fully saturated rings. The van der Waals surface area contributed by atoms with Crippen molar-refractivity contribution in [3.63, 3.8) is 0 Å². The van der Waals surface area contributed by atoms with Gasteiger partial charge in [-0.2, -0.15) is 4.31 Å². The molecule has 1 amide bonds. The van der Waals surface area contributed by atoms with Crippen LogP contribution in [0.4, 0.5) is 5.69 Å². The summed E-state index contributed by atoms with van der Waals surface area (Å²) in [6, 6.07) is 15.0. The summed E-state index contributed by atoms with van der Waals surface area (Å²) in [6.07, 6.45) is 2.05. The Balaban J connectivity index is 1.61. The van der Waals surface area contributed by atoms with Gasteiger partial charge in [-0.25, -0.2) is 8.42 Å². The van der Waals surface area contributed by atoms with Crippen molar-refractivity contribution in [2.24, 2.45) is 0 Å². The van der Waals surface area contributed by atoms with Gasteiger partial charge in [-0.15, -0.1) is 0 Å². The van der Waals surface area contributed by atoms with E-state index in [-0.39, 0.29) is 23.4 Å². The number of likely N-dealkylation sites (N-methyl/N-ethyl adjacent to an activating group) is 1. The van der Waals surface area contributed by atoms with E-state index < -0.39 is 10.0 Å². The zero-order valence-corrected chi connectivity index (χ0v) is 18.1. The normalized spacial score (nSPS) is 16.2. The van der Waals surface area contributed by atoms with E-state index in [4.69, 9.17) is 0 Å². The molecule has 29 heavy (non-hydrogen) atoms. The minimum Gasteiger partial charge on any atom is -0.325 e. The molecule has 2 aromatic rings. The Kier molecular flexibility index (Phi) is 6.72. The van der Waals surface area contributed by atoms with Crippen LogP contribution in [0.15, 0.2) is 53.4 Å². The summed E-state index contributed by atoms with van der Waals surface area (Å²) in [6.45, 7) is 4.75. The lowest BCUT2D eigenvalue weighted by Gasteiger charge is -2.24. The third kappa shape index (κ3) is 4.69. The molecule has 0 aromatic heterocycles. The average Bonchev–Trinajstić information content (AvgIpc) is 3.13. The van der Waals surface area contributed by atoms with E-state index in [0.29, 0.717) is 18.8 Å². The number of nitrogens with zero attached hydrogens (tertiary/aromatic N) is 2. The fraction of sp³-hybridized carbons (Fsp3) is 0.409. The summed E-state index contributed by atoms with van der Waals surface area (Å²) in [5, 5.41) is 2.87. The average molecular weight is 416 g/mol. The highest BCUT2D eigenvalue weighted by molar-refractivity contribution is 7.89. The SMILES string of the molecule is CCN(CC)S(=O)(=O)c1ccc(NC(=O)CN(C)[C@H]2CCc3ccccc32)cc1. The van der Waals surface area contributed by atoms with Crippen LogP contribution in [0.3, 0.4) is 0 Å². The fourth-order valence-electron chi connectivity index (χ4n) is 3.95. The first-order valence-corrected chi connectivity index (χ1v) is 11.5. The zero-order valence-electron chi connectivity index (χ0n) is 17.3. The number of amides is 1. The van der Waals surface area contributed by atoms with Crippen molar-refractivity contribution in [3.05, 3.63) is 59.7 Å². The summed E-state index contributed by atoms with van der Waals surface area (Å²) in [5.74, 6) is -0.115. The molecule has 0 aliphatic heterocycles. The molecule has 1 N–H and O–H groups in total. The second kappa shape index (κ2) is 9.07. The summed E-state index contributed by atoms with van der Waals surface area (Å²) in [4.78, 5) is 14.8. The smallest absolute Gasteiger partial charge is 0.243 e. The van der Waals surface area contributed by atoms with Gasteiger partial charge in [0.25, 0.3) is 0 Å². The Morgan fingerprint density at radius 2 is 1.72 bits per heavy atom. The van der Waals surface area contributed by atoms with Gasteiger partial charge in [-0.1, -0.05) is 38.1 Å². The largest absolute Gasteiger partial charge is 0.325 e. The highest BCUT2D eigenvalue weighted by atomic mass is 32.2. The van der Waals surface area contributed by atoms with E-state index in [0.717, 1.165) is 12.8 Å². The lowest BCUT2D eigenvalue weighted by molar-refractivity contribution is -0.117. The zero-order chi connectivity index (χ0) is 21.0. The minimum atomic E-state index is -3.49. The number of anilines is 1. The Bertz CT molecular complexity index is 954. The molecule has 0 saturated heterocycles. The van der Waals surface area contributed by atoms with Crippen molar-refractivity contribution in [1.82, 2.24) is 9.21 Å². The Morgan fingerprint density at radius 3 is 2.38 bits per heavy atom. The van der Waals surface area contributed by atoms with Crippen molar-refractivity contribution >= 4 is 21.6 Å². The molecular weight excluding hydrogens is 386 g/mol. The molecule has 0 unspecified atom stereocenters. The third-order valence-electron chi connectivity index (χ3n) is 5.51. The molecule has 0 bridgehead atoms. The van der Waals surface area contributed by atoms with Crippen LogP contribution >= 0.6 is 0 Å². The standard InChI is InChI=1S/C22H29N3O3S/c1-4-25(5-2)29(27,28)19-13-11-18(12-14-19)23-22(26)16-24(3)21-15-10-17-8-6-7-9-20(17)21/h6-9,11-14,21H,4-5,10,15-16H2,1-3H3,(H,23,26)/t21-/m0/s1. The third-order valence-corrected chi connectivity index (χ3v) is 7.57. The van der Waals surface area contributed by atoms with Crippen LogP contribution in [0.2, 0.25) is 0 Å². The van der Waals surface area contributed by atoms with E-state index >= 15 is 0 Å². The van der Waals surface area contributed by atoms with Crippen LogP contribution < -0.4 is 5.32 Å². The number of carbonyl (C=O) groups excluding carboxylic acids is 1. The van der Waals surface area contributed by atoms with Gasteiger partial charge in [0.05, 0.1) is 11.4 Å². The number of aryl methyl sites for hydroxylation is 1. The van der Waals surface area contributed by atoms with Gasteiger partial charge in [0, 0.05) is 24.8 Å². The minimum absolute atomic E-state index is 0.115. The fourth-order valence-corrected chi connectivity index (χ4v) is 5.41. The summed E-state index contributed by atoms with van der Waals surface area (Å²) < 4.78 is 26.5. The molecule has 1 aliphatic rings. The molecule has 3 rings (SSSR count). The number of hydrogen-bond donors (Lipinski definition) is 1. The Morgan fingerprint density at radius 1 is 1.07 bits per heavy atom. The highest BCUT2D eigenvalue weighted by Crippen LogP contribution is 2.34. The van der Waals surface area contributed by atoms with Gasteiger partial charge in [-0.3, -0.25) is 9.69 Å². The Labute approximate surface area is 173 Å². The van der Waals surface area contributed by atoms with Crippen molar-refractivity contribution in [1.29, 1.82) is 0 Å². The van der Waals surface area contributed by atoms with Crippen LogP contribution in [0.25, 0.3) is 0 Å². The monoisotopic (exact) mass is 415 g/mol. The van der Waals surface area contributed by atoms with Crippen LogP contribution in [0.5, 0.6) is 0 Å². The van der Waals surface area contributed by atoms with Crippen molar-refractivity contribution in [2.75, 3.05) is 32.0 Å². The molecule has 6 nitrogen and oxygen atoms in total. The topological polar surface area (TPSA) is 69.7 Å². The van der Waals surface area contributed by atoms with Crippen molar-refractivity contribution in [3.8, 4) is 0 Å². The van der Waals surface area contributed by atoms with Gasteiger partial charge in [0.2, 0.25) is 15.9 Å². The lowest BCUT2D eigenvalue weighted by Crippen LogP contribution is -2.32. The molecule has 156 valence electrons. The van der Waals surface area contributed by atoms with Crippen LogP contribution in [0.1, 0.15) is 37.4 Å². The quantitative estimate of drug-likeness (QED) is 0.718. The van der Waals surface area contributed by atoms with Crippen molar-refractivity contribution in [2.45, 2.75) is 37.6 Å². The van der Waals surface area contributed by atoms with Gasteiger partial charge in [-0.05, 0) is 55.3 Å². The molecule has 7 heteroatoms. The van der Waals surface area contributed by atoms with Gasteiger partial charge in [0.15, 0.2) is 0 Å². The maximum absolute atomic E-state index is 12.6. The predicted octanol–water partition coefficient (Wildman–Crippen LogP) is 3.27. The molecule has 0 radical (unpaired) electrons. The van der Waals surface area contributed by atoms with Crippen molar-refractivity contribution < 1.29 is 13.2 Å². The number of rotatable bonds is 8. The Hall–Kier alpha value is -2.22. The molecular formula is C22H29N3O3S. The molecule has 2 aromatic carbocycles. The van der Waals surface area contributed by atoms with E-state index in [2.05, 4.69) is 28.4 Å². The first-order chi connectivity index (χ1) is 13.9. The second-order valence-corrected chi connectivity index (χ2v) is 9.27. The van der Waals surface area contributed by atoms with Gasteiger partial charge >= 0.3 is 0 Å².